The molecular formula is C22H28O2. The monoisotopic (exact) mass is 324 g/mol. The average molecular weight is 324 g/mol. The Hall–Kier alpha value is -1.18. The summed E-state index contributed by atoms with van der Waals surface area (Å²) in [7, 11) is 0. The Labute approximate surface area is 144 Å². The molecule has 5 rings (SSSR count). The molecule has 5 aliphatic rings. The van der Waals surface area contributed by atoms with Crippen molar-refractivity contribution in [2.24, 2.45) is 40.4 Å². The summed E-state index contributed by atoms with van der Waals surface area (Å²) < 4.78 is 0. The first-order valence-electron chi connectivity index (χ1n) is 9.93. The lowest BCUT2D eigenvalue weighted by Crippen LogP contribution is -2.50. The summed E-state index contributed by atoms with van der Waals surface area (Å²) in [4.78, 5) is 25.0. The maximum atomic E-state index is 13.1. The predicted octanol–water partition coefficient (Wildman–Crippen LogP) is 4.50. The molecule has 0 bridgehead atoms. The van der Waals surface area contributed by atoms with Gasteiger partial charge in [-0.2, -0.15) is 0 Å². The van der Waals surface area contributed by atoms with Gasteiger partial charge in [-0.3, -0.25) is 9.59 Å². The Morgan fingerprint density at radius 3 is 2.71 bits per heavy atom. The second-order valence-electron chi connectivity index (χ2n) is 9.57. The fourth-order valence-corrected chi connectivity index (χ4v) is 7.49. The van der Waals surface area contributed by atoms with E-state index in [0.717, 1.165) is 25.7 Å². The van der Waals surface area contributed by atoms with Crippen LogP contribution in [0.4, 0.5) is 0 Å². The largest absolute Gasteiger partial charge is 0.299 e. The Balaban J connectivity index is 1.60. The lowest BCUT2D eigenvalue weighted by Gasteiger charge is -2.55. The van der Waals surface area contributed by atoms with E-state index in [-0.39, 0.29) is 16.6 Å². The molecule has 2 nitrogen and oxygen atoms in total. The first-order chi connectivity index (χ1) is 11.4. The molecule has 7 atom stereocenters. The highest BCUT2D eigenvalue weighted by molar-refractivity contribution is 5.92. The van der Waals surface area contributed by atoms with Gasteiger partial charge in [0.1, 0.15) is 5.78 Å². The Kier molecular flexibility index (Phi) is 2.96. The highest BCUT2D eigenvalue weighted by atomic mass is 16.1. The molecule has 0 N–H and O–H groups in total. The minimum Gasteiger partial charge on any atom is -0.299 e. The summed E-state index contributed by atoms with van der Waals surface area (Å²) in [5.41, 5.74) is 1.33. The van der Waals surface area contributed by atoms with Crippen molar-refractivity contribution in [2.45, 2.75) is 58.8 Å². The third-order valence-corrected chi connectivity index (χ3v) is 8.70. The van der Waals surface area contributed by atoms with Crippen molar-refractivity contribution in [1.82, 2.24) is 0 Å². The molecule has 0 saturated heterocycles. The minimum atomic E-state index is -0.0800. The normalized spacial score (nSPS) is 52.4. The van der Waals surface area contributed by atoms with Gasteiger partial charge in [-0.15, -0.1) is 0 Å². The third kappa shape index (κ3) is 1.68. The van der Waals surface area contributed by atoms with E-state index in [4.69, 9.17) is 0 Å². The fourth-order valence-electron chi connectivity index (χ4n) is 7.49. The van der Waals surface area contributed by atoms with Crippen molar-refractivity contribution >= 4 is 11.6 Å². The summed E-state index contributed by atoms with van der Waals surface area (Å²) in [5, 5.41) is 0. The molecule has 0 aliphatic heterocycles. The maximum absolute atomic E-state index is 13.1. The number of hydrogen-bond donors (Lipinski definition) is 0. The van der Waals surface area contributed by atoms with E-state index in [0.29, 0.717) is 41.8 Å². The molecule has 24 heavy (non-hydrogen) atoms. The van der Waals surface area contributed by atoms with Crippen LogP contribution in [-0.2, 0) is 9.59 Å². The molecule has 0 aromatic carbocycles. The Morgan fingerprint density at radius 2 is 1.88 bits per heavy atom. The van der Waals surface area contributed by atoms with Crippen LogP contribution < -0.4 is 0 Å². The SMILES string of the molecule is C[C@]12CCC(=O)C=C1C=CC1C2CC[C@]2(C)C(=O)[C@@H]3CCC[C@@H]3C12. The summed E-state index contributed by atoms with van der Waals surface area (Å²) in [5.74, 6) is 3.56. The van der Waals surface area contributed by atoms with Crippen LogP contribution in [0.5, 0.6) is 0 Å². The summed E-state index contributed by atoms with van der Waals surface area (Å²) in [6, 6.07) is 0. The van der Waals surface area contributed by atoms with Crippen LogP contribution in [0.1, 0.15) is 58.8 Å². The zero-order valence-corrected chi connectivity index (χ0v) is 14.9. The number of hydrogen-bond acceptors (Lipinski definition) is 2. The molecule has 0 heterocycles. The molecule has 3 saturated carbocycles. The number of Topliss-reactive ketones (excluding diaryl/α,β-unsaturated/α-hetero) is 1. The number of ketones is 2. The van der Waals surface area contributed by atoms with Gasteiger partial charge in [-0.05, 0) is 72.8 Å². The van der Waals surface area contributed by atoms with Crippen molar-refractivity contribution in [3.8, 4) is 0 Å². The molecule has 128 valence electrons. The highest BCUT2D eigenvalue weighted by Crippen LogP contribution is 2.67. The third-order valence-electron chi connectivity index (χ3n) is 8.70. The summed E-state index contributed by atoms with van der Waals surface area (Å²) >= 11 is 0. The first kappa shape index (κ1) is 15.1. The molecule has 3 fully saturated rings. The number of carbonyl (C=O) groups excluding carboxylic acids is 2. The van der Waals surface area contributed by atoms with Crippen LogP contribution in [-0.4, -0.2) is 11.6 Å². The minimum absolute atomic E-state index is 0.0800. The second kappa shape index (κ2) is 4.71. The topological polar surface area (TPSA) is 34.1 Å². The molecular weight excluding hydrogens is 296 g/mol. The van der Waals surface area contributed by atoms with E-state index < -0.39 is 0 Å². The fraction of sp³-hybridized carbons (Fsp3) is 0.727. The van der Waals surface area contributed by atoms with Gasteiger partial charge in [0, 0.05) is 17.8 Å². The van der Waals surface area contributed by atoms with E-state index in [2.05, 4.69) is 26.0 Å². The molecule has 0 amide bonds. The summed E-state index contributed by atoms with van der Waals surface area (Å²) in [6.45, 7) is 4.67. The molecule has 5 aliphatic carbocycles. The highest BCUT2D eigenvalue weighted by Gasteiger charge is 2.64. The zero-order valence-electron chi connectivity index (χ0n) is 14.9. The molecule has 0 aromatic rings. The van der Waals surface area contributed by atoms with Gasteiger partial charge in [0.2, 0.25) is 0 Å². The first-order valence-corrected chi connectivity index (χ1v) is 9.93. The van der Waals surface area contributed by atoms with Crippen molar-refractivity contribution in [2.75, 3.05) is 0 Å². The van der Waals surface area contributed by atoms with Gasteiger partial charge in [-0.1, -0.05) is 32.4 Å². The van der Waals surface area contributed by atoms with Crippen molar-refractivity contribution in [1.29, 1.82) is 0 Å². The smallest absolute Gasteiger partial charge is 0.156 e. The van der Waals surface area contributed by atoms with Crippen LogP contribution in [0.3, 0.4) is 0 Å². The molecule has 2 heteroatoms. The van der Waals surface area contributed by atoms with Crippen molar-refractivity contribution < 1.29 is 9.59 Å². The van der Waals surface area contributed by atoms with Crippen LogP contribution in [0.2, 0.25) is 0 Å². The maximum Gasteiger partial charge on any atom is 0.156 e. The Bertz CT molecular complexity index is 686. The van der Waals surface area contributed by atoms with Crippen molar-refractivity contribution in [3.63, 3.8) is 0 Å². The zero-order chi connectivity index (χ0) is 16.7. The predicted molar refractivity (Wildman–Crippen MR) is 93.2 cm³/mol. The van der Waals surface area contributed by atoms with E-state index in [9.17, 15) is 9.59 Å². The number of allylic oxidation sites excluding steroid dienone is 4. The van der Waals surface area contributed by atoms with Crippen LogP contribution in [0, 0.1) is 40.4 Å². The van der Waals surface area contributed by atoms with Gasteiger partial charge in [0.25, 0.3) is 0 Å². The average Bonchev–Trinajstić information content (AvgIpc) is 3.10. The van der Waals surface area contributed by atoms with Crippen LogP contribution in [0.15, 0.2) is 23.8 Å². The van der Waals surface area contributed by atoms with Crippen LogP contribution in [0.25, 0.3) is 0 Å². The van der Waals surface area contributed by atoms with E-state index in [1.54, 1.807) is 0 Å². The van der Waals surface area contributed by atoms with Gasteiger partial charge in [0.15, 0.2) is 5.78 Å². The van der Waals surface area contributed by atoms with Gasteiger partial charge in [-0.25, -0.2) is 0 Å². The lowest BCUT2D eigenvalue weighted by molar-refractivity contribution is -0.133. The quantitative estimate of drug-likeness (QED) is 0.657. The number of fused-ring (bicyclic) bond motifs is 7. The Morgan fingerprint density at radius 1 is 1.04 bits per heavy atom. The number of carbonyl (C=O) groups is 2. The van der Waals surface area contributed by atoms with E-state index in [1.807, 2.05) is 6.08 Å². The molecule has 0 aromatic heterocycles. The summed E-state index contributed by atoms with van der Waals surface area (Å²) in [6.07, 6.45) is 14.1. The lowest BCUT2D eigenvalue weighted by atomic mass is 9.48. The van der Waals surface area contributed by atoms with Crippen molar-refractivity contribution in [3.05, 3.63) is 23.8 Å². The second-order valence-corrected chi connectivity index (χ2v) is 9.57. The standard InChI is InChI=1S/C22H28O2/c1-21-10-8-14(23)12-13(21)6-7-17-18(21)9-11-22(2)19(17)15-4-3-5-16(15)20(22)24/h6-7,12,15-19H,3-5,8-11H2,1-2H3/t15-,16+,17?,18?,19?,21-,22-/m0/s1. The van der Waals surface area contributed by atoms with E-state index in [1.165, 1.54) is 18.4 Å². The number of rotatable bonds is 0. The molecule has 3 unspecified atom stereocenters. The van der Waals surface area contributed by atoms with Gasteiger partial charge >= 0.3 is 0 Å². The van der Waals surface area contributed by atoms with Crippen LogP contribution >= 0.6 is 0 Å². The van der Waals surface area contributed by atoms with Gasteiger partial charge < -0.3 is 0 Å². The molecule has 0 radical (unpaired) electrons. The van der Waals surface area contributed by atoms with E-state index >= 15 is 0 Å². The van der Waals surface area contributed by atoms with Gasteiger partial charge in [0.05, 0.1) is 0 Å². The molecule has 0 spiro atoms.